The Hall–Kier alpha value is -5.74. The largest absolute Gasteiger partial charge is 0.457 e. The summed E-state index contributed by atoms with van der Waals surface area (Å²) in [5.41, 5.74) is 17.7. The first-order chi connectivity index (χ1) is 20.6. The minimum atomic E-state index is 0.668. The van der Waals surface area contributed by atoms with Crippen LogP contribution < -0.4 is 20.9 Å². The van der Waals surface area contributed by atoms with E-state index in [-0.39, 0.29) is 0 Å². The fraction of sp³-hybridized carbons (Fsp3) is 0. The molecule has 202 valence electrons. The van der Waals surface area contributed by atoms with Gasteiger partial charge in [0.05, 0.1) is 0 Å². The van der Waals surface area contributed by atoms with Gasteiger partial charge in [0, 0.05) is 23.5 Å². The Labute approximate surface area is 244 Å². The minimum absolute atomic E-state index is 0.668. The lowest BCUT2D eigenvalue weighted by atomic mass is 9.88. The van der Waals surface area contributed by atoms with Gasteiger partial charge in [0.25, 0.3) is 0 Å². The van der Waals surface area contributed by atoms with Crippen molar-refractivity contribution in [3.05, 3.63) is 146 Å². The molecule has 42 heavy (non-hydrogen) atoms. The number of hydrogen-bond donors (Lipinski definition) is 2. The lowest BCUT2D eigenvalue weighted by molar-refractivity contribution is 0.483. The van der Waals surface area contributed by atoms with Crippen molar-refractivity contribution in [2.75, 3.05) is 11.5 Å². The van der Waals surface area contributed by atoms with E-state index in [1.165, 1.54) is 27.1 Å². The molecule has 0 saturated heterocycles. The quantitative estimate of drug-likeness (QED) is 0.161. The molecule has 4 heteroatoms. The van der Waals surface area contributed by atoms with Gasteiger partial charge in [-0.2, -0.15) is 0 Å². The summed E-state index contributed by atoms with van der Waals surface area (Å²) in [5.74, 6) is 2.92. The average Bonchev–Trinajstić information content (AvgIpc) is 3.01. The molecule has 0 saturated carbocycles. The van der Waals surface area contributed by atoms with Crippen LogP contribution in [0.3, 0.4) is 0 Å². The van der Waals surface area contributed by atoms with Gasteiger partial charge in [-0.1, -0.05) is 84.9 Å². The highest BCUT2D eigenvalue weighted by molar-refractivity contribution is 6.14. The highest BCUT2D eigenvalue weighted by Gasteiger charge is 2.14. The smallest absolute Gasteiger partial charge is 0.129 e. The van der Waals surface area contributed by atoms with E-state index in [4.69, 9.17) is 20.9 Å². The first-order valence-corrected chi connectivity index (χ1v) is 13.8. The van der Waals surface area contributed by atoms with E-state index >= 15 is 0 Å². The third-order valence-corrected chi connectivity index (χ3v) is 7.42. The van der Waals surface area contributed by atoms with Gasteiger partial charge in [-0.15, -0.1) is 0 Å². The molecule has 0 unspecified atom stereocenters. The van der Waals surface area contributed by atoms with Gasteiger partial charge >= 0.3 is 0 Å². The molecule has 0 bridgehead atoms. The van der Waals surface area contributed by atoms with Gasteiger partial charge in [-0.3, -0.25) is 0 Å². The number of nitrogen functional groups attached to an aromatic ring is 2. The minimum Gasteiger partial charge on any atom is -0.457 e. The van der Waals surface area contributed by atoms with Crippen LogP contribution in [0.1, 0.15) is 0 Å². The van der Waals surface area contributed by atoms with E-state index in [0.29, 0.717) is 22.9 Å². The summed E-state index contributed by atoms with van der Waals surface area (Å²) in [7, 11) is 0. The van der Waals surface area contributed by atoms with E-state index in [2.05, 4.69) is 72.8 Å². The highest BCUT2D eigenvalue weighted by atomic mass is 16.5. The zero-order valence-corrected chi connectivity index (χ0v) is 22.8. The van der Waals surface area contributed by atoms with Crippen LogP contribution in [-0.2, 0) is 0 Å². The Morgan fingerprint density at radius 1 is 0.381 bits per heavy atom. The molecule has 4 nitrogen and oxygen atoms in total. The molecule has 0 aliphatic heterocycles. The molecule has 0 spiro atoms. The van der Waals surface area contributed by atoms with Crippen molar-refractivity contribution in [3.63, 3.8) is 0 Å². The van der Waals surface area contributed by atoms with E-state index < -0.39 is 0 Å². The fourth-order valence-corrected chi connectivity index (χ4v) is 5.46. The number of benzene rings is 7. The van der Waals surface area contributed by atoms with Crippen LogP contribution in [0, 0.1) is 0 Å². The van der Waals surface area contributed by atoms with Crippen molar-refractivity contribution in [1.29, 1.82) is 0 Å². The maximum atomic E-state index is 6.08. The number of nitrogens with two attached hydrogens (primary N) is 2. The monoisotopic (exact) mass is 544 g/mol. The molecule has 0 aromatic heterocycles. The molecule has 0 aliphatic carbocycles. The zero-order valence-electron chi connectivity index (χ0n) is 22.8. The molecule has 0 aliphatic rings. The van der Waals surface area contributed by atoms with Crippen molar-refractivity contribution < 1.29 is 9.47 Å². The maximum Gasteiger partial charge on any atom is 0.129 e. The van der Waals surface area contributed by atoms with Gasteiger partial charge in [0.15, 0.2) is 0 Å². The lowest BCUT2D eigenvalue weighted by Crippen LogP contribution is -1.91. The Morgan fingerprint density at radius 3 is 1.57 bits per heavy atom. The normalized spacial score (nSPS) is 11.0. The number of ether oxygens (including phenoxy) is 2. The summed E-state index contributed by atoms with van der Waals surface area (Å²) in [6.07, 6.45) is 0. The lowest BCUT2D eigenvalue weighted by Gasteiger charge is -2.16. The molecule has 7 aromatic carbocycles. The fourth-order valence-electron chi connectivity index (χ4n) is 5.46. The number of rotatable bonds is 6. The molecule has 0 heterocycles. The molecular weight excluding hydrogens is 516 g/mol. The molecule has 0 atom stereocenters. The first-order valence-electron chi connectivity index (χ1n) is 13.8. The molecule has 0 radical (unpaired) electrons. The van der Waals surface area contributed by atoms with Crippen LogP contribution >= 0.6 is 0 Å². The van der Waals surface area contributed by atoms with Gasteiger partial charge in [0.1, 0.15) is 23.0 Å². The standard InChI is InChI=1S/C38H28N2O2/c39-28-6-3-8-32(23-28)41-30-16-11-26(12-17-30)35-21-22-36-34-10-2-1-5-25(34)15-20-37(36)38(35)27-13-18-31(19-14-27)42-33-9-4-7-29(40)24-33/h1-24H,39-40H2. The summed E-state index contributed by atoms with van der Waals surface area (Å²) in [4.78, 5) is 0. The first kappa shape index (κ1) is 25.2. The third kappa shape index (κ3) is 4.98. The molecule has 7 rings (SSSR count). The summed E-state index contributed by atoms with van der Waals surface area (Å²) >= 11 is 0. The van der Waals surface area contributed by atoms with Crippen LogP contribution in [0.4, 0.5) is 11.4 Å². The number of anilines is 2. The highest BCUT2D eigenvalue weighted by Crippen LogP contribution is 2.41. The van der Waals surface area contributed by atoms with E-state index in [1.807, 2.05) is 72.8 Å². The van der Waals surface area contributed by atoms with Crippen LogP contribution in [-0.4, -0.2) is 0 Å². The van der Waals surface area contributed by atoms with E-state index in [1.54, 1.807) is 0 Å². The van der Waals surface area contributed by atoms with Crippen LogP contribution in [0.5, 0.6) is 23.0 Å². The van der Waals surface area contributed by atoms with Gasteiger partial charge in [0.2, 0.25) is 0 Å². The van der Waals surface area contributed by atoms with Crippen LogP contribution in [0.15, 0.2) is 146 Å². The van der Waals surface area contributed by atoms with E-state index in [0.717, 1.165) is 28.2 Å². The molecule has 4 N–H and O–H groups in total. The number of hydrogen-bond acceptors (Lipinski definition) is 4. The Bertz CT molecular complexity index is 2050. The zero-order chi connectivity index (χ0) is 28.5. The van der Waals surface area contributed by atoms with Gasteiger partial charge in [-0.25, -0.2) is 0 Å². The van der Waals surface area contributed by atoms with Crippen molar-refractivity contribution in [2.24, 2.45) is 0 Å². The molecule has 0 amide bonds. The van der Waals surface area contributed by atoms with Crippen molar-refractivity contribution in [2.45, 2.75) is 0 Å². The Kier molecular flexibility index (Phi) is 6.42. The maximum absolute atomic E-state index is 6.08. The van der Waals surface area contributed by atoms with Crippen LogP contribution in [0.2, 0.25) is 0 Å². The predicted octanol–water partition coefficient (Wildman–Crippen LogP) is 10.1. The van der Waals surface area contributed by atoms with Gasteiger partial charge in [-0.05, 0) is 92.3 Å². The van der Waals surface area contributed by atoms with Gasteiger partial charge < -0.3 is 20.9 Å². The summed E-state index contributed by atoms with van der Waals surface area (Å²) < 4.78 is 12.1. The van der Waals surface area contributed by atoms with Crippen LogP contribution in [0.25, 0.3) is 43.8 Å². The van der Waals surface area contributed by atoms with Crippen molar-refractivity contribution >= 4 is 32.9 Å². The average molecular weight is 545 g/mol. The van der Waals surface area contributed by atoms with Crippen molar-refractivity contribution in [1.82, 2.24) is 0 Å². The molecular formula is C38H28N2O2. The molecule has 0 fully saturated rings. The summed E-state index contributed by atoms with van der Waals surface area (Å²) in [6.45, 7) is 0. The number of fused-ring (bicyclic) bond motifs is 3. The van der Waals surface area contributed by atoms with Crippen molar-refractivity contribution in [3.8, 4) is 45.3 Å². The third-order valence-electron chi connectivity index (χ3n) is 7.42. The Morgan fingerprint density at radius 2 is 0.952 bits per heavy atom. The van der Waals surface area contributed by atoms with E-state index in [9.17, 15) is 0 Å². The SMILES string of the molecule is Nc1cccc(Oc2ccc(-c3ccc4c(ccc5ccccc54)c3-c3ccc(Oc4cccc(N)c4)cc3)cc2)c1. The Balaban J connectivity index is 1.31. The second kappa shape index (κ2) is 10.7. The predicted molar refractivity (Wildman–Crippen MR) is 174 cm³/mol. The topological polar surface area (TPSA) is 70.5 Å². The second-order valence-corrected chi connectivity index (χ2v) is 10.3. The summed E-state index contributed by atoms with van der Waals surface area (Å²) in [6, 6.07) is 48.7. The molecule has 7 aromatic rings. The summed E-state index contributed by atoms with van der Waals surface area (Å²) in [5, 5.41) is 4.86. The second-order valence-electron chi connectivity index (χ2n) is 10.3.